The Labute approximate surface area is 125 Å². The molecule has 1 saturated carbocycles. The minimum Gasteiger partial charge on any atom is -0.376 e. The topological polar surface area (TPSA) is 72.4 Å². The largest absolute Gasteiger partial charge is 0.376 e. The molecule has 0 amide bonds. The molecule has 0 aromatic carbocycles. The lowest BCUT2D eigenvalue weighted by Gasteiger charge is -2.18. The molecule has 7 heteroatoms. The number of nitrogens with one attached hydrogen (secondary N) is 2. The lowest BCUT2D eigenvalue weighted by Crippen LogP contribution is -2.41. The summed E-state index contributed by atoms with van der Waals surface area (Å²) >= 11 is 0. The van der Waals surface area contributed by atoms with E-state index in [2.05, 4.69) is 10.0 Å². The first-order chi connectivity index (χ1) is 10.0. The molecule has 2 aliphatic rings. The van der Waals surface area contributed by atoms with Crippen molar-refractivity contribution in [3.05, 3.63) is 18.0 Å². The van der Waals surface area contributed by atoms with E-state index >= 15 is 0 Å². The molecule has 1 aromatic heterocycles. The van der Waals surface area contributed by atoms with Gasteiger partial charge < -0.3 is 14.6 Å². The van der Waals surface area contributed by atoms with Crippen LogP contribution in [0.4, 0.5) is 0 Å². The molecule has 0 radical (unpaired) electrons. The molecule has 3 rings (SSSR count). The second-order valence-electron chi connectivity index (χ2n) is 6.00. The Balaban J connectivity index is 1.75. The fraction of sp³-hybridized carbons (Fsp3) is 0.714. The van der Waals surface area contributed by atoms with E-state index in [0.717, 1.165) is 25.0 Å². The van der Waals surface area contributed by atoms with E-state index in [9.17, 15) is 8.42 Å². The SMILES string of the molecule is CNCc1cc(S(=O)(=O)NC2CCOC2C2CC2)cn1C. The Morgan fingerprint density at radius 2 is 2.14 bits per heavy atom. The summed E-state index contributed by atoms with van der Waals surface area (Å²) in [6, 6.07) is 1.64. The predicted octanol–water partition coefficient (Wildman–Crippen LogP) is 0.590. The van der Waals surface area contributed by atoms with E-state index in [0.29, 0.717) is 24.0 Å². The van der Waals surface area contributed by atoms with E-state index in [4.69, 9.17) is 4.74 Å². The van der Waals surface area contributed by atoms with E-state index in [1.807, 2.05) is 18.7 Å². The molecule has 0 bridgehead atoms. The van der Waals surface area contributed by atoms with Gasteiger partial charge in [0, 0.05) is 32.1 Å². The highest BCUT2D eigenvalue weighted by Gasteiger charge is 2.42. The van der Waals surface area contributed by atoms with Crippen LogP contribution in [0.1, 0.15) is 25.0 Å². The summed E-state index contributed by atoms with van der Waals surface area (Å²) in [6.45, 7) is 1.29. The van der Waals surface area contributed by atoms with Crippen molar-refractivity contribution >= 4 is 10.0 Å². The molecule has 2 atom stereocenters. The molecular weight excluding hydrogens is 290 g/mol. The zero-order chi connectivity index (χ0) is 15.0. The van der Waals surface area contributed by atoms with Crippen LogP contribution >= 0.6 is 0 Å². The van der Waals surface area contributed by atoms with E-state index in [1.54, 1.807) is 12.3 Å². The Bertz CT molecular complexity index is 607. The number of aryl methyl sites for hydroxylation is 1. The van der Waals surface area contributed by atoms with Gasteiger partial charge in [-0.1, -0.05) is 0 Å². The van der Waals surface area contributed by atoms with Gasteiger partial charge in [-0.3, -0.25) is 0 Å². The number of hydrogen-bond acceptors (Lipinski definition) is 4. The molecule has 1 aromatic rings. The molecule has 2 N–H and O–H groups in total. The highest BCUT2D eigenvalue weighted by molar-refractivity contribution is 7.89. The van der Waals surface area contributed by atoms with Gasteiger partial charge in [0.1, 0.15) is 0 Å². The summed E-state index contributed by atoms with van der Waals surface area (Å²) in [5.74, 6) is 0.538. The lowest BCUT2D eigenvalue weighted by atomic mass is 10.1. The van der Waals surface area contributed by atoms with Crippen LogP contribution in [-0.2, 0) is 28.4 Å². The van der Waals surface area contributed by atoms with E-state index < -0.39 is 10.0 Å². The van der Waals surface area contributed by atoms with E-state index in [-0.39, 0.29) is 12.1 Å². The van der Waals surface area contributed by atoms with Gasteiger partial charge in [0.05, 0.1) is 17.0 Å². The molecule has 1 aliphatic heterocycles. The number of rotatable bonds is 6. The molecule has 1 aliphatic carbocycles. The van der Waals surface area contributed by atoms with Crippen LogP contribution in [0.25, 0.3) is 0 Å². The summed E-state index contributed by atoms with van der Waals surface area (Å²) in [7, 11) is 0.220. The van der Waals surface area contributed by atoms with Crippen LogP contribution in [0.3, 0.4) is 0 Å². The number of ether oxygens (including phenoxy) is 1. The molecule has 6 nitrogen and oxygen atoms in total. The average molecular weight is 313 g/mol. The summed E-state index contributed by atoms with van der Waals surface area (Å²) in [5, 5.41) is 3.04. The average Bonchev–Trinajstić information content (AvgIpc) is 3.06. The smallest absolute Gasteiger partial charge is 0.242 e. The number of sulfonamides is 1. The molecule has 21 heavy (non-hydrogen) atoms. The van der Waals surface area contributed by atoms with E-state index in [1.165, 1.54) is 0 Å². The van der Waals surface area contributed by atoms with Crippen LogP contribution in [0.5, 0.6) is 0 Å². The van der Waals surface area contributed by atoms with Crippen LogP contribution in [-0.4, -0.2) is 38.8 Å². The van der Waals surface area contributed by atoms with Crippen LogP contribution in [0, 0.1) is 5.92 Å². The van der Waals surface area contributed by atoms with Crippen molar-refractivity contribution in [2.45, 2.75) is 42.8 Å². The van der Waals surface area contributed by atoms with Crippen molar-refractivity contribution in [3.63, 3.8) is 0 Å². The first-order valence-electron chi connectivity index (χ1n) is 7.45. The van der Waals surface area contributed by atoms with Crippen LogP contribution in [0.15, 0.2) is 17.2 Å². The first kappa shape index (κ1) is 15.0. The van der Waals surface area contributed by atoms with Gasteiger partial charge in [-0.2, -0.15) is 0 Å². The first-order valence-corrected chi connectivity index (χ1v) is 8.93. The Kier molecular flexibility index (Phi) is 4.09. The van der Waals surface area contributed by atoms with Gasteiger partial charge in [-0.15, -0.1) is 0 Å². The number of hydrogen-bond donors (Lipinski definition) is 2. The zero-order valence-corrected chi connectivity index (χ0v) is 13.3. The molecule has 2 fully saturated rings. The van der Waals surface area contributed by atoms with Crippen LogP contribution in [0.2, 0.25) is 0 Å². The molecule has 2 heterocycles. The van der Waals surface area contributed by atoms with Crippen molar-refractivity contribution in [1.82, 2.24) is 14.6 Å². The predicted molar refractivity (Wildman–Crippen MR) is 79.4 cm³/mol. The minimum absolute atomic E-state index is 0.0558. The Morgan fingerprint density at radius 1 is 1.38 bits per heavy atom. The van der Waals surface area contributed by atoms with Gasteiger partial charge in [-0.25, -0.2) is 13.1 Å². The highest BCUT2D eigenvalue weighted by Crippen LogP contribution is 2.39. The summed E-state index contributed by atoms with van der Waals surface area (Å²) in [4.78, 5) is 0.330. The normalized spacial score (nSPS) is 26.4. The van der Waals surface area contributed by atoms with Crippen molar-refractivity contribution in [1.29, 1.82) is 0 Å². The van der Waals surface area contributed by atoms with Gasteiger partial charge in [0.2, 0.25) is 10.0 Å². The van der Waals surface area contributed by atoms with Crippen molar-refractivity contribution < 1.29 is 13.2 Å². The molecular formula is C14H23N3O3S. The van der Waals surface area contributed by atoms with Gasteiger partial charge in [0.25, 0.3) is 0 Å². The molecule has 1 saturated heterocycles. The second-order valence-corrected chi connectivity index (χ2v) is 7.71. The maximum atomic E-state index is 12.5. The number of nitrogens with zero attached hydrogens (tertiary/aromatic N) is 1. The van der Waals surface area contributed by atoms with Gasteiger partial charge in [0.15, 0.2) is 0 Å². The maximum Gasteiger partial charge on any atom is 0.242 e. The second kappa shape index (κ2) is 5.72. The van der Waals surface area contributed by atoms with Gasteiger partial charge in [-0.05, 0) is 38.3 Å². The van der Waals surface area contributed by atoms with Crippen LogP contribution < -0.4 is 10.0 Å². The summed E-state index contributed by atoms with van der Waals surface area (Å²) in [5.41, 5.74) is 0.944. The van der Waals surface area contributed by atoms with Gasteiger partial charge >= 0.3 is 0 Å². The fourth-order valence-corrected chi connectivity index (χ4v) is 4.35. The Morgan fingerprint density at radius 3 is 2.81 bits per heavy atom. The highest BCUT2D eigenvalue weighted by atomic mass is 32.2. The lowest BCUT2D eigenvalue weighted by molar-refractivity contribution is 0.0848. The summed E-state index contributed by atoms with van der Waals surface area (Å²) < 4.78 is 35.5. The third-order valence-electron chi connectivity index (χ3n) is 4.28. The Hall–Kier alpha value is -0.890. The van der Waals surface area contributed by atoms with Crippen molar-refractivity contribution in [3.8, 4) is 0 Å². The third kappa shape index (κ3) is 3.15. The fourth-order valence-electron chi connectivity index (χ4n) is 2.98. The molecule has 2 unspecified atom stereocenters. The number of aromatic nitrogens is 1. The molecule has 118 valence electrons. The zero-order valence-electron chi connectivity index (χ0n) is 12.5. The monoisotopic (exact) mass is 313 g/mol. The quantitative estimate of drug-likeness (QED) is 0.806. The maximum absolute atomic E-state index is 12.5. The van der Waals surface area contributed by atoms with Crippen molar-refractivity contribution in [2.24, 2.45) is 13.0 Å². The molecule has 0 spiro atoms. The van der Waals surface area contributed by atoms with Crippen molar-refractivity contribution in [2.75, 3.05) is 13.7 Å². The minimum atomic E-state index is -3.48. The third-order valence-corrected chi connectivity index (χ3v) is 5.74. The summed E-state index contributed by atoms with van der Waals surface area (Å²) in [6.07, 6.45) is 4.79. The standard InChI is InChI=1S/C14H23N3O3S/c1-15-8-11-7-12(9-17(11)2)21(18,19)16-13-5-6-20-14(13)10-3-4-10/h7,9-10,13-16H,3-6,8H2,1-2H3.